The summed E-state index contributed by atoms with van der Waals surface area (Å²) >= 11 is 0. The minimum absolute atomic E-state index is 0.234. The second kappa shape index (κ2) is 4.33. The molecule has 14 heavy (non-hydrogen) atoms. The van der Waals surface area contributed by atoms with Gasteiger partial charge in [-0.2, -0.15) is 0 Å². The van der Waals surface area contributed by atoms with Gasteiger partial charge < -0.3 is 9.53 Å². The van der Waals surface area contributed by atoms with Crippen molar-refractivity contribution in [3.63, 3.8) is 0 Å². The van der Waals surface area contributed by atoms with Crippen molar-refractivity contribution in [1.82, 2.24) is 4.98 Å². The highest BCUT2D eigenvalue weighted by Gasteiger charge is 2.29. The Morgan fingerprint density at radius 3 is 2.79 bits per heavy atom. The van der Waals surface area contributed by atoms with Crippen LogP contribution in [0.15, 0.2) is 24.5 Å². The number of ether oxygens (including phenoxy) is 1. The number of hydrogen-bond donors (Lipinski definition) is 0. The molecule has 1 heterocycles. The zero-order chi connectivity index (χ0) is 9.80. The smallest absolute Gasteiger partial charge is 0.123 e. The molecule has 1 fully saturated rings. The number of nitrogens with zero attached hydrogens (tertiary/aromatic N) is 1. The van der Waals surface area contributed by atoms with E-state index in [0.717, 1.165) is 24.7 Å². The lowest BCUT2D eigenvalue weighted by Crippen LogP contribution is -2.31. The Bertz CT molecular complexity index is 293. The van der Waals surface area contributed by atoms with Crippen LogP contribution in [0.4, 0.5) is 0 Å². The largest absolute Gasteiger partial charge is 0.373 e. The van der Waals surface area contributed by atoms with E-state index in [9.17, 15) is 4.79 Å². The average Bonchev–Trinajstić information content (AvgIpc) is 2.17. The summed E-state index contributed by atoms with van der Waals surface area (Å²) in [7, 11) is 0. The van der Waals surface area contributed by atoms with Gasteiger partial charge in [0.15, 0.2) is 0 Å². The Morgan fingerprint density at radius 2 is 2.14 bits per heavy atom. The highest BCUT2D eigenvalue weighted by Crippen LogP contribution is 2.28. The van der Waals surface area contributed by atoms with Crippen LogP contribution in [0, 0.1) is 5.92 Å². The van der Waals surface area contributed by atoms with Crippen molar-refractivity contribution >= 4 is 6.29 Å². The van der Waals surface area contributed by atoms with Gasteiger partial charge in [0.2, 0.25) is 0 Å². The van der Waals surface area contributed by atoms with Crippen LogP contribution in [-0.2, 0) is 16.1 Å². The van der Waals surface area contributed by atoms with E-state index in [-0.39, 0.29) is 12.0 Å². The highest BCUT2D eigenvalue weighted by molar-refractivity contribution is 5.55. The van der Waals surface area contributed by atoms with E-state index in [1.165, 1.54) is 0 Å². The number of pyridine rings is 1. The first-order valence-corrected chi connectivity index (χ1v) is 4.84. The molecule has 0 bridgehead atoms. The van der Waals surface area contributed by atoms with Crippen molar-refractivity contribution in [1.29, 1.82) is 0 Å². The van der Waals surface area contributed by atoms with Gasteiger partial charge in [-0.05, 0) is 30.5 Å². The van der Waals surface area contributed by atoms with Crippen LogP contribution in [-0.4, -0.2) is 17.4 Å². The second-order valence-electron chi connectivity index (χ2n) is 3.66. The summed E-state index contributed by atoms with van der Waals surface area (Å²) in [6.07, 6.45) is 6.58. The number of aldehydes is 1. The predicted octanol–water partition coefficient (Wildman–Crippen LogP) is 1.58. The number of carbonyl (C=O) groups is 1. The average molecular weight is 191 g/mol. The molecule has 1 aliphatic carbocycles. The Labute approximate surface area is 83.1 Å². The molecule has 1 saturated carbocycles. The number of hydrogen-bond acceptors (Lipinski definition) is 3. The van der Waals surface area contributed by atoms with Crippen molar-refractivity contribution < 1.29 is 9.53 Å². The normalized spacial score (nSPS) is 25.4. The van der Waals surface area contributed by atoms with E-state index < -0.39 is 0 Å². The van der Waals surface area contributed by atoms with Gasteiger partial charge in [-0.15, -0.1) is 0 Å². The minimum Gasteiger partial charge on any atom is -0.373 e. The molecule has 0 spiro atoms. The Morgan fingerprint density at radius 1 is 1.43 bits per heavy atom. The molecule has 1 aromatic heterocycles. The van der Waals surface area contributed by atoms with Crippen molar-refractivity contribution in [3.8, 4) is 0 Å². The maximum absolute atomic E-state index is 10.3. The lowest BCUT2D eigenvalue weighted by molar-refractivity contribution is -0.120. The SMILES string of the molecule is O=CC1CC(OCc2ccncc2)C1. The third kappa shape index (κ3) is 2.17. The van der Waals surface area contributed by atoms with Gasteiger partial charge in [0.25, 0.3) is 0 Å². The van der Waals surface area contributed by atoms with Crippen LogP contribution in [0.25, 0.3) is 0 Å². The summed E-state index contributed by atoms with van der Waals surface area (Å²) in [4.78, 5) is 14.3. The van der Waals surface area contributed by atoms with E-state index in [1.807, 2.05) is 12.1 Å². The molecule has 3 heteroatoms. The maximum atomic E-state index is 10.3. The highest BCUT2D eigenvalue weighted by atomic mass is 16.5. The predicted molar refractivity (Wildman–Crippen MR) is 51.6 cm³/mol. The molecule has 1 aromatic rings. The van der Waals surface area contributed by atoms with E-state index in [4.69, 9.17) is 4.74 Å². The lowest BCUT2D eigenvalue weighted by atomic mass is 9.83. The van der Waals surface area contributed by atoms with E-state index in [2.05, 4.69) is 4.98 Å². The van der Waals surface area contributed by atoms with Crippen LogP contribution < -0.4 is 0 Å². The van der Waals surface area contributed by atoms with Gasteiger partial charge in [0.05, 0.1) is 12.7 Å². The van der Waals surface area contributed by atoms with Crippen LogP contribution in [0.5, 0.6) is 0 Å². The maximum Gasteiger partial charge on any atom is 0.123 e. The molecule has 0 aromatic carbocycles. The minimum atomic E-state index is 0.234. The number of aromatic nitrogens is 1. The van der Waals surface area contributed by atoms with Gasteiger partial charge in [-0.25, -0.2) is 0 Å². The summed E-state index contributed by atoms with van der Waals surface area (Å²) < 4.78 is 5.61. The number of carbonyl (C=O) groups excluding carboxylic acids is 1. The standard InChI is InChI=1S/C11H13NO2/c13-7-10-5-11(6-10)14-8-9-1-3-12-4-2-9/h1-4,7,10-11H,5-6,8H2. The zero-order valence-electron chi connectivity index (χ0n) is 7.93. The summed E-state index contributed by atoms with van der Waals surface area (Å²) in [5.41, 5.74) is 1.13. The van der Waals surface area contributed by atoms with Crippen molar-refractivity contribution in [2.45, 2.75) is 25.6 Å². The molecule has 3 nitrogen and oxygen atoms in total. The fourth-order valence-electron chi connectivity index (χ4n) is 1.55. The van der Waals surface area contributed by atoms with E-state index in [0.29, 0.717) is 6.61 Å². The Balaban J connectivity index is 1.72. The van der Waals surface area contributed by atoms with E-state index in [1.54, 1.807) is 12.4 Å². The monoisotopic (exact) mass is 191 g/mol. The molecule has 0 unspecified atom stereocenters. The van der Waals surface area contributed by atoms with Gasteiger partial charge in [-0.3, -0.25) is 4.98 Å². The Kier molecular flexibility index (Phi) is 2.89. The lowest BCUT2D eigenvalue weighted by Gasteiger charge is -2.31. The molecule has 0 atom stereocenters. The van der Waals surface area contributed by atoms with Crippen molar-refractivity contribution in [2.24, 2.45) is 5.92 Å². The fourth-order valence-corrected chi connectivity index (χ4v) is 1.55. The fraction of sp³-hybridized carbons (Fsp3) is 0.455. The Hall–Kier alpha value is -1.22. The van der Waals surface area contributed by atoms with Gasteiger partial charge >= 0.3 is 0 Å². The first-order valence-electron chi connectivity index (χ1n) is 4.84. The second-order valence-corrected chi connectivity index (χ2v) is 3.66. The molecular formula is C11H13NO2. The third-order valence-electron chi connectivity index (χ3n) is 2.56. The summed E-state index contributed by atoms with van der Waals surface area (Å²) in [6.45, 7) is 0.624. The van der Waals surface area contributed by atoms with Gasteiger partial charge in [-0.1, -0.05) is 0 Å². The van der Waals surface area contributed by atoms with Crippen LogP contribution in [0.1, 0.15) is 18.4 Å². The zero-order valence-corrected chi connectivity index (χ0v) is 7.93. The molecule has 0 saturated heterocycles. The molecular weight excluding hydrogens is 178 g/mol. The van der Waals surface area contributed by atoms with Gasteiger partial charge in [0.1, 0.15) is 6.29 Å². The van der Waals surface area contributed by atoms with Crippen molar-refractivity contribution in [2.75, 3.05) is 0 Å². The summed E-state index contributed by atoms with van der Waals surface area (Å²) in [5.74, 6) is 0.234. The molecule has 0 N–H and O–H groups in total. The van der Waals surface area contributed by atoms with Crippen LogP contribution in [0.3, 0.4) is 0 Å². The molecule has 1 aliphatic rings. The first-order chi connectivity index (χ1) is 6.88. The molecule has 0 amide bonds. The topological polar surface area (TPSA) is 39.2 Å². The summed E-state index contributed by atoms with van der Waals surface area (Å²) in [5, 5.41) is 0. The summed E-state index contributed by atoms with van der Waals surface area (Å²) in [6, 6.07) is 3.88. The molecule has 2 rings (SSSR count). The quantitative estimate of drug-likeness (QED) is 0.678. The van der Waals surface area contributed by atoms with Crippen LogP contribution >= 0.6 is 0 Å². The van der Waals surface area contributed by atoms with Crippen molar-refractivity contribution in [3.05, 3.63) is 30.1 Å². The molecule has 74 valence electrons. The first kappa shape index (κ1) is 9.34. The van der Waals surface area contributed by atoms with Gasteiger partial charge in [0, 0.05) is 18.3 Å². The number of rotatable bonds is 4. The van der Waals surface area contributed by atoms with E-state index >= 15 is 0 Å². The van der Waals surface area contributed by atoms with Crippen LogP contribution in [0.2, 0.25) is 0 Å². The molecule has 0 aliphatic heterocycles. The third-order valence-corrected chi connectivity index (χ3v) is 2.56. The molecule has 0 radical (unpaired) electrons.